The van der Waals surface area contributed by atoms with Gasteiger partial charge in [0.1, 0.15) is 29.5 Å². The Hall–Kier alpha value is -4.38. The van der Waals surface area contributed by atoms with Crippen LogP contribution in [0.1, 0.15) is 36.1 Å². The molecule has 0 saturated carbocycles. The number of nitrogens with zero attached hydrogens (tertiary/aromatic N) is 2. The molecule has 1 heterocycles. The van der Waals surface area contributed by atoms with Crippen molar-refractivity contribution < 1.29 is 43.6 Å². The molecule has 4 aromatic rings. The van der Waals surface area contributed by atoms with Crippen LogP contribution in [0.25, 0.3) is 0 Å². The van der Waals surface area contributed by atoms with Crippen LogP contribution in [0.15, 0.2) is 103 Å². The van der Waals surface area contributed by atoms with Crippen molar-refractivity contribution in [3.63, 3.8) is 0 Å². The highest BCUT2D eigenvalue weighted by molar-refractivity contribution is 7.53. The molecule has 5 rings (SSSR count). The molecule has 1 aliphatic rings. The summed E-state index contributed by atoms with van der Waals surface area (Å²) in [6.45, 7) is 4.11. The van der Waals surface area contributed by atoms with Crippen LogP contribution >= 0.6 is 7.60 Å². The molecule has 4 N–H and O–H groups in total. The van der Waals surface area contributed by atoms with Gasteiger partial charge in [-0.15, -0.1) is 0 Å². The number of phenolic OH excluding ortho intramolecular Hbond substituents is 2. The Kier molecular flexibility index (Phi) is 12.6. The molecule has 0 aliphatic carbocycles. The Morgan fingerprint density at radius 2 is 1.04 bits per heavy atom. The Balaban J connectivity index is 1.48. The molecule has 1 fully saturated rings. The predicted octanol–water partition coefficient (Wildman–Crippen LogP) is 6.08. The number of carbonyl (C=O) groups is 1. The number of aromatic hydroxyl groups is 2. The first kappa shape index (κ1) is 36.9. The Morgan fingerprint density at radius 1 is 0.620 bits per heavy atom. The van der Waals surface area contributed by atoms with E-state index in [0.29, 0.717) is 12.2 Å². The number of ether oxygens (including phenoxy) is 1. The lowest BCUT2D eigenvalue weighted by molar-refractivity contribution is -0.0408. The zero-order chi connectivity index (χ0) is 35.7. The maximum atomic E-state index is 14.8. The number of carbonyl (C=O) groups excluding carboxylic acids is 1. The molecule has 0 unspecified atom stereocenters. The standard InChI is InChI=1S/C38H45N2O9P/c1-3-48-50(46,49-4-2)26-47-33-20-14-28(15-21-33)23-35-37(44)36(43)34(22-27-8-6-5-7-9-27)39(24-29-10-16-31(41)17-11-29)38(45)40(35)25-30-12-18-32(42)19-13-30/h5-21,34-37,41-44H,3-4,22-26H2,1-2H3/t34-,35-,36+,37+/m1/s1. The van der Waals surface area contributed by atoms with Crippen LogP contribution in [-0.4, -0.2) is 80.1 Å². The topological polar surface area (TPSA) is 149 Å². The molecule has 0 radical (unpaired) electrons. The lowest BCUT2D eigenvalue weighted by atomic mass is 9.91. The highest BCUT2D eigenvalue weighted by atomic mass is 31.2. The van der Waals surface area contributed by atoms with Crippen molar-refractivity contribution in [2.45, 2.75) is 64.1 Å². The smallest absolute Gasteiger partial charge is 0.367 e. The average molecular weight is 705 g/mol. The molecule has 50 heavy (non-hydrogen) atoms. The molecule has 12 heteroatoms. The highest BCUT2D eigenvalue weighted by Crippen LogP contribution is 2.48. The summed E-state index contributed by atoms with van der Waals surface area (Å²) >= 11 is 0. The number of phenols is 2. The minimum atomic E-state index is -3.42. The molecule has 0 aromatic heterocycles. The van der Waals surface area contributed by atoms with Crippen LogP contribution in [0, 0.1) is 0 Å². The Labute approximate surface area is 292 Å². The third-order valence-electron chi connectivity index (χ3n) is 8.71. The summed E-state index contributed by atoms with van der Waals surface area (Å²) in [4.78, 5) is 18.0. The van der Waals surface area contributed by atoms with Gasteiger partial charge in [0.15, 0.2) is 6.35 Å². The quantitative estimate of drug-likeness (QED) is 0.108. The van der Waals surface area contributed by atoms with E-state index in [2.05, 4.69) is 0 Å². The van der Waals surface area contributed by atoms with Crippen molar-refractivity contribution >= 4 is 13.6 Å². The van der Waals surface area contributed by atoms with E-state index in [9.17, 15) is 29.8 Å². The first-order valence-corrected chi connectivity index (χ1v) is 18.4. The second-order valence-electron chi connectivity index (χ2n) is 12.2. The van der Waals surface area contributed by atoms with Gasteiger partial charge in [-0.25, -0.2) is 4.79 Å². The number of hydrogen-bond acceptors (Lipinski definition) is 9. The van der Waals surface area contributed by atoms with E-state index >= 15 is 0 Å². The molecule has 4 atom stereocenters. The monoisotopic (exact) mass is 704 g/mol. The fourth-order valence-electron chi connectivity index (χ4n) is 6.18. The number of aliphatic hydroxyl groups excluding tert-OH is 2. The van der Waals surface area contributed by atoms with Gasteiger partial charge in [-0.3, -0.25) is 4.57 Å². The van der Waals surface area contributed by atoms with Gasteiger partial charge < -0.3 is 44.0 Å². The largest absolute Gasteiger partial charge is 0.508 e. The van der Waals surface area contributed by atoms with Gasteiger partial charge >= 0.3 is 13.6 Å². The fraction of sp³-hybridized carbons (Fsp3) is 0.342. The number of amides is 2. The van der Waals surface area contributed by atoms with Gasteiger partial charge in [0.25, 0.3) is 0 Å². The molecule has 0 bridgehead atoms. The second-order valence-corrected chi connectivity index (χ2v) is 14.2. The minimum Gasteiger partial charge on any atom is -0.508 e. The van der Waals surface area contributed by atoms with Crippen molar-refractivity contribution in [1.29, 1.82) is 0 Å². The van der Waals surface area contributed by atoms with Gasteiger partial charge in [-0.2, -0.15) is 0 Å². The van der Waals surface area contributed by atoms with Crippen molar-refractivity contribution in [2.75, 3.05) is 19.6 Å². The van der Waals surface area contributed by atoms with E-state index in [-0.39, 0.29) is 56.6 Å². The van der Waals surface area contributed by atoms with Crippen molar-refractivity contribution in [1.82, 2.24) is 9.80 Å². The molecule has 1 aliphatic heterocycles. The molecule has 2 amide bonds. The van der Waals surface area contributed by atoms with Crippen molar-refractivity contribution in [3.05, 3.63) is 125 Å². The first-order valence-electron chi connectivity index (χ1n) is 16.7. The van der Waals surface area contributed by atoms with Gasteiger partial charge in [-0.1, -0.05) is 66.7 Å². The number of benzene rings is 4. The van der Waals surface area contributed by atoms with E-state index in [4.69, 9.17) is 13.8 Å². The van der Waals surface area contributed by atoms with E-state index in [1.54, 1.807) is 96.4 Å². The first-order chi connectivity index (χ1) is 24.1. The van der Waals surface area contributed by atoms with Gasteiger partial charge in [-0.05, 0) is 85.3 Å². The lowest BCUT2D eigenvalue weighted by Gasteiger charge is -2.36. The lowest BCUT2D eigenvalue weighted by Crippen LogP contribution is -2.50. The average Bonchev–Trinajstić information content (AvgIpc) is 3.17. The number of rotatable bonds is 15. The molecule has 0 spiro atoms. The minimum absolute atomic E-state index is 0.0843. The summed E-state index contributed by atoms with van der Waals surface area (Å²) < 4.78 is 29.2. The van der Waals surface area contributed by atoms with Crippen LogP contribution in [-0.2, 0) is 39.5 Å². The van der Waals surface area contributed by atoms with Crippen LogP contribution in [0.5, 0.6) is 17.2 Å². The van der Waals surface area contributed by atoms with Crippen LogP contribution in [0.2, 0.25) is 0 Å². The SMILES string of the molecule is CCOP(=O)(COc1ccc(C[C@@H]2[C@H](O)[C@@H](O)[C@@H](Cc3ccccc3)N(Cc3ccc(O)cc3)C(=O)N2Cc2ccc(O)cc2)cc1)OCC. The maximum Gasteiger partial charge on any atom is 0.367 e. The zero-order valence-corrected chi connectivity index (χ0v) is 29.1. The third-order valence-corrected chi connectivity index (χ3v) is 10.5. The fourth-order valence-corrected chi connectivity index (χ4v) is 7.50. The summed E-state index contributed by atoms with van der Waals surface area (Å²) in [6.07, 6.45) is -2.42. The molecular formula is C38H45N2O9P. The van der Waals surface area contributed by atoms with Crippen LogP contribution in [0.4, 0.5) is 4.79 Å². The van der Waals surface area contributed by atoms with E-state index < -0.39 is 31.9 Å². The third kappa shape index (κ3) is 9.44. The van der Waals surface area contributed by atoms with Crippen molar-refractivity contribution in [3.8, 4) is 17.2 Å². The predicted molar refractivity (Wildman–Crippen MR) is 189 cm³/mol. The summed E-state index contributed by atoms with van der Waals surface area (Å²) in [6, 6.07) is 27.6. The van der Waals surface area contributed by atoms with E-state index in [0.717, 1.165) is 22.3 Å². The van der Waals surface area contributed by atoms with Crippen LogP contribution < -0.4 is 4.74 Å². The highest BCUT2D eigenvalue weighted by Gasteiger charge is 2.46. The van der Waals surface area contributed by atoms with Gasteiger partial charge in [0.05, 0.1) is 25.3 Å². The maximum absolute atomic E-state index is 14.8. The zero-order valence-electron chi connectivity index (χ0n) is 28.2. The van der Waals surface area contributed by atoms with Crippen molar-refractivity contribution in [2.24, 2.45) is 0 Å². The van der Waals surface area contributed by atoms with E-state index in [1.807, 2.05) is 30.3 Å². The number of urea groups is 1. The normalized spacial score (nSPS) is 19.7. The Morgan fingerprint density at radius 3 is 1.48 bits per heavy atom. The summed E-state index contributed by atoms with van der Waals surface area (Å²) in [7, 11) is -3.42. The van der Waals surface area contributed by atoms with Gasteiger partial charge in [0, 0.05) is 13.1 Å². The van der Waals surface area contributed by atoms with Crippen LogP contribution in [0.3, 0.4) is 0 Å². The van der Waals surface area contributed by atoms with Gasteiger partial charge in [0.2, 0.25) is 0 Å². The summed E-state index contributed by atoms with van der Waals surface area (Å²) in [5.74, 6) is 0.617. The number of aliphatic hydroxyl groups is 2. The van der Waals surface area contributed by atoms with E-state index in [1.165, 1.54) is 0 Å². The molecule has 266 valence electrons. The Bertz CT molecular complexity index is 1700. The molecule has 11 nitrogen and oxygen atoms in total. The summed E-state index contributed by atoms with van der Waals surface area (Å²) in [5, 5.41) is 43.7. The second kappa shape index (κ2) is 17.0. The molecule has 1 saturated heterocycles. The molecular weight excluding hydrogens is 659 g/mol. The molecule has 4 aromatic carbocycles. The number of hydrogen-bond donors (Lipinski definition) is 4. The summed E-state index contributed by atoms with van der Waals surface area (Å²) in [5.41, 5.74) is 3.13.